The molecule has 0 bridgehead atoms. The van der Waals surface area contributed by atoms with E-state index < -0.39 is 18.1 Å². The predicted molar refractivity (Wildman–Crippen MR) is 168 cm³/mol. The SMILES string of the molecule is [C-]#[N+]c1ccc(C(C(=O)NCCc2ccc(O)cc2)N2C(=O)C3Cc4ccc(O)cc4CN3C(=O)[C@@H]2CC2CCCCC2)cc1. The lowest BCUT2D eigenvalue weighted by Crippen LogP contribution is -2.67. The number of hydrogen-bond donors (Lipinski definition) is 3. The number of nitrogens with one attached hydrogen (secondary N) is 1. The molecule has 1 saturated carbocycles. The molecule has 0 spiro atoms. The number of benzene rings is 3. The van der Waals surface area contributed by atoms with Crippen LogP contribution in [0.3, 0.4) is 0 Å². The molecule has 232 valence electrons. The normalized spacial score (nSPS) is 20.6. The minimum absolute atomic E-state index is 0.121. The molecule has 3 aromatic carbocycles. The van der Waals surface area contributed by atoms with Crippen LogP contribution < -0.4 is 5.32 Å². The van der Waals surface area contributed by atoms with Crippen LogP contribution >= 0.6 is 0 Å². The van der Waals surface area contributed by atoms with Crippen LogP contribution in [0.2, 0.25) is 0 Å². The summed E-state index contributed by atoms with van der Waals surface area (Å²) < 4.78 is 0. The van der Waals surface area contributed by atoms with Gasteiger partial charge in [-0.15, -0.1) is 0 Å². The van der Waals surface area contributed by atoms with E-state index in [9.17, 15) is 24.6 Å². The van der Waals surface area contributed by atoms with Gasteiger partial charge in [0.05, 0.1) is 6.57 Å². The summed E-state index contributed by atoms with van der Waals surface area (Å²) >= 11 is 0. The second-order valence-electron chi connectivity index (χ2n) is 12.5. The van der Waals surface area contributed by atoms with Gasteiger partial charge < -0.3 is 25.3 Å². The number of carbonyl (C=O) groups excluding carboxylic acids is 3. The van der Waals surface area contributed by atoms with Gasteiger partial charge in [0, 0.05) is 19.5 Å². The average molecular weight is 607 g/mol. The Morgan fingerprint density at radius 1 is 0.911 bits per heavy atom. The predicted octanol–water partition coefficient (Wildman–Crippen LogP) is 5.18. The molecule has 2 fully saturated rings. The number of aromatic hydroxyl groups is 2. The molecule has 3 N–H and O–H groups in total. The topological polar surface area (TPSA) is 115 Å². The molecule has 9 nitrogen and oxygen atoms in total. The number of amides is 3. The van der Waals surface area contributed by atoms with E-state index in [4.69, 9.17) is 6.57 Å². The third-order valence-electron chi connectivity index (χ3n) is 9.56. The number of hydrogen-bond acceptors (Lipinski definition) is 5. The summed E-state index contributed by atoms with van der Waals surface area (Å²) in [6.45, 7) is 7.93. The zero-order valence-electron chi connectivity index (χ0n) is 25.2. The molecule has 3 atom stereocenters. The highest BCUT2D eigenvalue weighted by atomic mass is 16.3. The molecule has 1 aliphatic carbocycles. The van der Waals surface area contributed by atoms with Gasteiger partial charge in [-0.05, 0) is 65.3 Å². The number of nitrogens with zero attached hydrogens (tertiary/aromatic N) is 3. The summed E-state index contributed by atoms with van der Waals surface area (Å²) in [4.78, 5) is 49.9. The van der Waals surface area contributed by atoms with E-state index in [0.717, 1.165) is 48.8 Å². The molecule has 1 saturated heterocycles. The number of piperazine rings is 1. The molecular weight excluding hydrogens is 568 g/mol. The van der Waals surface area contributed by atoms with E-state index >= 15 is 0 Å². The van der Waals surface area contributed by atoms with E-state index in [0.29, 0.717) is 37.1 Å². The first-order valence-electron chi connectivity index (χ1n) is 15.8. The Kier molecular flexibility index (Phi) is 8.74. The van der Waals surface area contributed by atoms with Crippen LogP contribution in [0.15, 0.2) is 66.7 Å². The standard InChI is InChI=1S/C36H38N4O5/c1-37-28-12-9-25(10-13-28)33(34(43)38-18-17-23-7-14-29(41)15-8-23)40-32(19-24-5-3-2-4-6-24)35(44)39-22-27-20-30(42)16-11-26(27)21-31(39)36(40)45/h7-16,20,24,31-33,41-42H,2-6,17-19,21-22H2,(H,38,43)/t31?,32-,33?/m0/s1. The van der Waals surface area contributed by atoms with Gasteiger partial charge in [0.1, 0.15) is 29.6 Å². The first-order valence-corrected chi connectivity index (χ1v) is 15.8. The smallest absolute Gasteiger partial charge is 0.247 e. The Morgan fingerprint density at radius 3 is 2.33 bits per heavy atom. The Hall–Kier alpha value is -4.84. The fourth-order valence-corrected chi connectivity index (χ4v) is 7.18. The van der Waals surface area contributed by atoms with Gasteiger partial charge in [-0.2, -0.15) is 0 Å². The highest BCUT2D eigenvalue weighted by Crippen LogP contribution is 2.39. The number of carbonyl (C=O) groups is 3. The monoisotopic (exact) mass is 606 g/mol. The molecular formula is C36H38N4O5. The Morgan fingerprint density at radius 2 is 1.62 bits per heavy atom. The lowest BCUT2D eigenvalue weighted by molar-refractivity contribution is -0.169. The van der Waals surface area contributed by atoms with Crippen LogP contribution in [0.1, 0.15) is 66.8 Å². The number of phenols is 2. The van der Waals surface area contributed by atoms with Crippen LogP contribution in [0.5, 0.6) is 11.5 Å². The molecule has 0 aromatic heterocycles. The third kappa shape index (κ3) is 6.37. The van der Waals surface area contributed by atoms with E-state index in [1.165, 1.54) is 0 Å². The number of rotatable bonds is 8. The summed E-state index contributed by atoms with van der Waals surface area (Å²) in [7, 11) is 0. The fraction of sp³-hybridized carbons (Fsp3) is 0.389. The average Bonchev–Trinajstić information content (AvgIpc) is 3.06. The molecule has 9 heteroatoms. The molecule has 2 heterocycles. The second kappa shape index (κ2) is 13.0. The lowest BCUT2D eigenvalue weighted by Gasteiger charge is -2.50. The summed E-state index contributed by atoms with van der Waals surface area (Å²) in [6.07, 6.45) is 6.59. The van der Waals surface area contributed by atoms with Gasteiger partial charge in [0.15, 0.2) is 5.69 Å². The minimum Gasteiger partial charge on any atom is -0.508 e. The van der Waals surface area contributed by atoms with E-state index in [-0.39, 0.29) is 41.7 Å². The first-order chi connectivity index (χ1) is 21.8. The summed E-state index contributed by atoms with van der Waals surface area (Å²) in [6, 6.07) is 15.9. The molecule has 3 aromatic rings. The van der Waals surface area contributed by atoms with Crippen LogP contribution in [0.25, 0.3) is 4.85 Å². The van der Waals surface area contributed by atoms with Crippen molar-refractivity contribution >= 4 is 23.4 Å². The highest BCUT2D eigenvalue weighted by Gasteiger charge is 2.51. The van der Waals surface area contributed by atoms with Crippen LogP contribution in [-0.4, -0.2) is 56.4 Å². The third-order valence-corrected chi connectivity index (χ3v) is 9.56. The van der Waals surface area contributed by atoms with Crippen LogP contribution in [0, 0.1) is 12.5 Å². The van der Waals surface area contributed by atoms with Gasteiger partial charge in [0.2, 0.25) is 17.7 Å². The summed E-state index contributed by atoms with van der Waals surface area (Å²) in [5.41, 5.74) is 3.64. The maximum Gasteiger partial charge on any atom is 0.247 e. The van der Waals surface area contributed by atoms with Gasteiger partial charge >= 0.3 is 0 Å². The van der Waals surface area contributed by atoms with E-state index in [2.05, 4.69) is 10.2 Å². The van der Waals surface area contributed by atoms with Crippen LogP contribution in [0.4, 0.5) is 5.69 Å². The second-order valence-corrected chi connectivity index (χ2v) is 12.5. The van der Waals surface area contributed by atoms with Crippen LogP contribution in [-0.2, 0) is 33.8 Å². The van der Waals surface area contributed by atoms with Crippen molar-refractivity contribution in [3.05, 3.63) is 100 Å². The van der Waals surface area contributed by atoms with Gasteiger partial charge in [0.25, 0.3) is 0 Å². The zero-order chi connectivity index (χ0) is 31.5. The first kappa shape index (κ1) is 30.2. The highest BCUT2D eigenvalue weighted by molar-refractivity contribution is 6.00. The molecule has 3 amide bonds. The maximum absolute atomic E-state index is 14.6. The van der Waals surface area contributed by atoms with Crippen molar-refractivity contribution in [2.75, 3.05) is 6.54 Å². The molecule has 45 heavy (non-hydrogen) atoms. The summed E-state index contributed by atoms with van der Waals surface area (Å²) in [5, 5.41) is 22.7. The zero-order valence-corrected chi connectivity index (χ0v) is 25.2. The molecule has 3 aliphatic rings. The Labute approximate surface area is 263 Å². The number of phenolic OH excluding ortho intramolecular Hbond substituents is 2. The Bertz CT molecular complexity index is 1610. The quantitative estimate of drug-likeness (QED) is 0.306. The molecule has 2 aliphatic heterocycles. The van der Waals surface area contributed by atoms with E-state index in [1.807, 2.05) is 0 Å². The van der Waals surface area contributed by atoms with Crippen molar-refractivity contribution in [2.24, 2.45) is 5.92 Å². The van der Waals surface area contributed by atoms with Crippen molar-refractivity contribution in [3.63, 3.8) is 0 Å². The van der Waals surface area contributed by atoms with Crippen molar-refractivity contribution in [3.8, 4) is 11.5 Å². The van der Waals surface area contributed by atoms with Gasteiger partial charge in [-0.3, -0.25) is 14.4 Å². The number of fused-ring (bicyclic) bond motifs is 2. The summed E-state index contributed by atoms with van der Waals surface area (Å²) in [5.74, 6) is -0.257. The van der Waals surface area contributed by atoms with E-state index in [1.54, 1.807) is 76.5 Å². The minimum atomic E-state index is -1.06. The lowest BCUT2D eigenvalue weighted by atomic mass is 9.81. The molecule has 0 radical (unpaired) electrons. The fourth-order valence-electron chi connectivity index (χ4n) is 7.18. The van der Waals surface area contributed by atoms with Crippen molar-refractivity contribution in [2.45, 2.75) is 76.0 Å². The molecule has 2 unspecified atom stereocenters. The van der Waals surface area contributed by atoms with Crippen molar-refractivity contribution in [1.29, 1.82) is 0 Å². The largest absolute Gasteiger partial charge is 0.508 e. The van der Waals surface area contributed by atoms with Gasteiger partial charge in [-0.25, -0.2) is 4.85 Å². The van der Waals surface area contributed by atoms with Crippen molar-refractivity contribution < 1.29 is 24.6 Å². The molecule has 6 rings (SSSR count). The van der Waals surface area contributed by atoms with Crippen molar-refractivity contribution in [1.82, 2.24) is 15.1 Å². The Balaban J connectivity index is 1.36. The van der Waals surface area contributed by atoms with Gasteiger partial charge in [-0.1, -0.05) is 74.6 Å². The maximum atomic E-state index is 14.6.